The molecule has 0 fully saturated rings. The van der Waals surface area contributed by atoms with Crippen LogP contribution in [0.1, 0.15) is 23.6 Å². The number of ether oxygens (including phenoxy) is 2. The molecular formula is C26H24N2O4. The van der Waals surface area contributed by atoms with Crippen LogP contribution in [-0.2, 0) is 20.9 Å². The van der Waals surface area contributed by atoms with Gasteiger partial charge in [-0.3, -0.25) is 9.78 Å². The van der Waals surface area contributed by atoms with Crippen molar-refractivity contribution < 1.29 is 19.1 Å². The van der Waals surface area contributed by atoms with Crippen molar-refractivity contribution in [3.05, 3.63) is 102 Å². The van der Waals surface area contributed by atoms with Gasteiger partial charge in [0.05, 0.1) is 6.61 Å². The summed E-state index contributed by atoms with van der Waals surface area (Å²) < 4.78 is 10.6. The van der Waals surface area contributed by atoms with Gasteiger partial charge < -0.3 is 14.8 Å². The lowest BCUT2D eigenvalue weighted by atomic mass is 10.2. The first-order chi connectivity index (χ1) is 15.6. The summed E-state index contributed by atoms with van der Waals surface area (Å²) in [6.45, 7) is 2.54. The maximum absolute atomic E-state index is 12.2. The van der Waals surface area contributed by atoms with Gasteiger partial charge in [0.25, 0.3) is 0 Å². The molecule has 0 unspecified atom stereocenters. The lowest BCUT2D eigenvalue weighted by Gasteiger charge is -2.06. The number of benzene rings is 2. The fourth-order valence-electron chi connectivity index (χ4n) is 2.71. The van der Waals surface area contributed by atoms with Crippen LogP contribution >= 0.6 is 0 Å². The fourth-order valence-corrected chi connectivity index (χ4v) is 2.71. The van der Waals surface area contributed by atoms with Gasteiger partial charge in [-0.25, -0.2) is 4.79 Å². The van der Waals surface area contributed by atoms with E-state index in [1.807, 2.05) is 36.4 Å². The number of aromatic nitrogens is 1. The average molecular weight is 428 g/mol. The predicted octanol–water partition coefficient (Wildman–Crippen LogP) is 4.89. The average Bonchev–Trinajstić information content (AvgIpc) is 2.82. The van der Waals surface area contributed by atoms with Crippen molar-refractivity contribution in [2.45, 2.75) is 13.5 Å². The van der Waals surface area contributed by atoms with Crippen LogP contribution in [0.3, 0.4) is 0 Å². The van der Waals surface area contributed by atoms with Gasteiger partial charge in [-0.05, 0) is 60.5 Å². The summed E-state index contributed by atoms with van der Waals surface area (Å²) in [6.07, 6.45) is 9.73. The van der Waals surface area contributed by atoms with Gasteiger partial charge in [0.2, 0.25) is 5.91 Å². The minimum absolute atomic E-state index is 0.239. The first kappa shape index (κ1) is 22.5. The lowest BCUT2D eigenvalue weighted by Crippen LogP contribution is -2.07. The number of amides is 1. The van der Waals surface area contributed by atoms with E-state index in [4.69, 9.17) is 9.47 Å². The van der Waals surface area contributed by atoms with E-state index in [2.05, 4.69) is 10.3 Å². The van der Waals surface area contributed by atoms with Crippen LogP contribution in [0.5, 0.6) is 5.75 Å². The third-order valence-electron chi connectivity index (χ3n) is 4.31. The molecule has 0 spiro atoms. The predicted molar refractivity (Wildman–Crippen MR) is 125 cm³/mol. The van der Waals surface area contributed by atoms with Crippen LogP contribution in [0.25, 0.3) is 12.2 Å². The number of rotatable bonds is 9. The molecule has 2 aromatic carbocycles. The number of nitrogens with one attached hydrogen (secondary N) is 1. The minimum atomic E-state index is -0.386. The number of nitrogens with zero attached hydrogens (tertiary/aromatic N) is 1. The zero-order valence-corrected chi connectivity index (χ0v) is 17.7. The molecule has 0 aliphatic carbocycles. The Morgan fingerprint density at radius 1 is 0.938 bits per heavy atom. The normalized spacial score (nSPS) is 10.9. The number of anilines is 1. The number of hydrogen-bond donors (Lipinski definition) is 1. The van der Waals surface area contributed by atoms with Crippen LogP contribution < -0.4 is 10.1 Å². The standard InChI is InChI=1S/C26H24N2O4/c1-2-31-26(30)16-10-20-5-11-23(12-6-20)28-25(29)15-9-21-7-13-24(14-8-21)32-19-22-4-3-17-27-18-22/h3-18H,2,19H2,1H3,(H,28,29)/b15-9+,16-10+. The highest BCUT2D eigenvalue weighted by molar-refractivity contribution is 6.02. The summed E-state index contributed by atoms with van der Waals surface area (Å²) >= 11 is 0. The molecule has 32 heavy (non-hydrogen) atoms. The van der Waals surface area contributed by atoms with E-state index >= 15 is 0 Å². The molecule has 0 saturated heterocycles. The Morgan fingerprint density at radius 2 is 1.62 bits per heavy atom. The van der Waals surface area contributed by atoms with E-state index in [1.54, 1.807) is 55.7 Å². The Balaban J connectivity index is 1.48. The molecule has 3 rings (SSSR count). The maximum Gasteiger partial charge on any atom is 0.330 e. The molecule has 0 saturated carbocycles. The van der Waals surface area contributed by atoms with Gasteiger partial charge in [-0.1, -0.05) is 30.3 Å². The number of carbonyl (C=O) groups is 2. The van der Waals surface area contributed by atoms with E-state index in [-0.39, 0.29) is 11.9 Å². The van der Waals surface area contributed by atoms with Crippen LogP contribution in [0, 0.1) is 0 Å². The molecular weight excluding hydrogens is 404 g/mol. The van der Waals surface area contributed by atoms with E-state index in [0.29, 0.717) is 18.9 Å². The van der Waals surface area contributed by atoms with Crippen LogP contribution in [0.2, 0.25) is 0 Å². The van der Waals surface area contributed by atoms with Crippen molar-refractivity contribution in [1.82, 2.24) is 4.98 Å². The zero-order valence-electron chi connectivity index (χ0n) is 17.7. The second-order valence-electron chi connectivity index (χ2n) is 6.75. The molecule has 6 heteroatoms. The van der Waals surface area contributed by atoms with Crippen molar-refractivity contribution >= 4 is 29.7 Å². The maximum atomic E-state index is 12.2. The Labute approximate surface area is 187 Å². The summed E-state index contributed by atoms with van der Waals surface area (Å²) in [5.74, 6) is 0.118. The molecule has 162 valence electrons. The van der Waals surface area contributed by atoms with E-state index in [0.717, 1.165) is 22.4 Å². The zero-order chi connectivity index (χ0) is 22.6. The molecule has 1 heterocycles. The molecule has 1 aromatic heterocycles. The largest absolute Gasteiger partial charge is 0.489 e. The Kier molecular flexibility index (Phi) is 8.34. The van der Waals surface area contributed by atoms with Crippen molar-refractivity contribution in [2.24, 2.45) is 0 Å². The third-order valence-corrected chi connectivity index (χ3v) is 4.31. The highest BCUT2D eigenvalue weighted by Gasteiger charge is 2.00. The van der Waals surface area contributed by atoms with Gasteiger partial charge in [0, 0.05) is 35.8 Å². The van der Waals surface area contributed by atoms with Crippen molar-refractivity contribution in [2.75, 3.05) is 11.9 Å². The second-order valence-corrected chi connectivity index (χ2v) is 6.75. The number of hydrogen-bond acceptors (Lipinski definition) is 5. The van der Waals surface area contributed by atoms with Gasteiger partial charge in [0.1, 0.15) is 12.4 Å². The summed E-state index contributed by atoms with van der Waals surface area (Å²) in [6, 6.07) is 18.5. The monoisotopic (exact) mass is 428 g/mol. The minimum Gasteiger partial charge on any atom is -0.489 e. The Bertz CT molecular complexity index is 1070. The number of carbonyl (C=O) groups excluding carboxylic acids is 2. The van der Waals surface area contributed by atoms with E-state index < -0.39 is 0 Å². The summed E-state index contributed by atoms with van der Waals surface area (Å²) in [5.41, 5.74) is 3.37. The third kappa shape index (κ3) is 7.57. The first-order valence-corrected chi connectivity index (χ1v) is 10.2. The van der Waals surface area contributed by atoms with Crippen molar-refractivity contribution in [1.29, 1.82) is 0 Å². The van der Waals surface area contributed by atoms with E-state index in [1.165, 1.54) is 12.2 Å². The Morgan fingerprint density at radius 3 is 2.28 bits per heavy atom. The van der Waals surface area contributed by atoms with Crippen LogP contribution in [0.15, 0.2) is 85.2 Å². The van der Waals surface area contributed by atoms with Crippen LogP contribution in [-0.4, -0.2) is 23.5 Å². The highest BCUT2D eigenvalue weighted by atomic mass is 16.5. The molecule has 1 N–H and O–H groups in total. The van der Waals surface area contributed by atoms with Gasteiger partial charge >= 0.3 is 5.97 Å². The van der Waals surface area contributed by atoms with Gasteiger partial charge in [-0.2, -0.15) is 0 Å². The molecule has 0 bridgehead atoms. The number of pyridine rings is 1. The first-order valence-electron chi connectivity index (χ1n) is 10.2. The highest BCUT2D eigenvalue weighted by Crippen LogP contribution is 2.15. The van der Waals surface area contributed by atoms with Gasteiger partial charge in [0.15, 0.2) is 0 Å². The fraction of sp³-hybridized carbons (Fsp3) is 0.115. The lowest BCUT2D eigenvalue weighted by molar-refractivity contribution is -0.137. The summed E-state index contributed by atoms with van der Waals surface area (Å²) in [5, 5.41) is 2.80. The van der Waals surface area contributed by atoms with E-state index in [9.17, 15) is 9.59 Å². The Hall–Kier alpha value is -4.19. The molecule has 1 amide bonds. The van der Waals surface area contributed by atoms with Crippen molar-refractivity contribution in [3.63, 3.8) is 0 Å². The quantitative estimate of drug-likeness (QED) is 0.388. The molecule has 0 radical (unpaired) electrons. The molecule has 0 aliphatic rings. The molecule has 0 aliphatic heterocycles. The molecule has 6 nitrogen and oxygen atoms in total. The second kappa shape index (κ2) is 11.9. The summed E-state index contributed by atoms with van der Waals surface area (Å²) in [4.78, 5) is 27.6. The SMILES string of the molecule is CCOC(=O)/C=C/c1ccc(NC(=O)/C=C/c2ccc(OCc3cccnc3)cc2)cc1. The molecule has 0 atom stereocenters. The van der Waals surface area contributed by atoms with Gasteiger partial charge in [-0.15, -0.1) is 0 Å². The molecule has 3 aromatic rings. The van der Waals surface area contributed by atoms with Crippen molar-refractivity contribution in [3.8, 4) is 5.75 Å². The van der Waals surface area contributed by atoms with Crippen LogP contribution in [0.4, 0.5) is 5.69 Å². The smallest absolute Gasteiger partial charge is 0.330 e. The topological polar surface area (TPSA) is 77.5 Å². The summed E-state index contributed by atoms with van der Waals surface area (Å²) in [7, 11) is 0. The number of esters is 1.